The molecular formula is C15H18N4O3S. The van der Waals surface area contributed by atoms with Gasteiger partial charge in [0.25, 0.3) is 0 Å². The average molecular weight is 334 g/mol. The summed E-state index contributed by atoms with van der Waals surface area (Å²) in [5.74, 6) is 0. The Morgan fingerprint density at radius 2 is 2.00 bits per heavy atom. The number of nitrogens with one attached hydrogen (secondary N) is 1. The Morgan fingerprint density at radius 1 is 1.26 bits per heavy atom. The average Bonchev–Trinajstić information content (AvgIpc) is 3.10. The molecule has 7 nitrogen and oxygen atoms in total. The molecule has 1 aromatic carbocycles. The Balaban J connectivity index is 1.80. The molecule has 0 aliphatic carbocycles. The monoisotopic (exact) mass is 334 g/mol. The van der Waals surface area contributed by atoms with Gasteiger partial charge in [0.1, 0.15) is 4.90 Å². The maximum Gasteiger partial charge on any atom is 0.243 e. The zero-order valence-corrected chi connectivity index (χ0v) is 13.7. The Bertz CT molecular complexity index is 943. The van der Waals surface area contributed by atoms with Crippen molar-refractivity contribution in [2.75, 3.05) is 6.54 Å². The minimum Gasteiger partial charge on any atom is -0.387 e. The van der Waals surface area contributed by atoms with Crippen LogP contribution in [0.15, 0.2) is 47.8 Å². The van der Waals surface area contributed by atoms with Gasteiger partial charge < -0.3 is 9.67 Å². The number of aryl methyl sites for hydroxylation is 2. The lowest BCUT2D eigenvalue weighted by molar-refractivity contribution is 0.183. The molecule has 1 atom stereocenters. The highest BCUT2D eigenvalue weighted by atomic mass is 32.2. The van der Waals surface area contributed by atoms with E-state index < -0.39 is 16.1 Å². The summed E-state index contributed by atoms with van der Waals surface area (Å²) in [5, 5.41) is 15.1. The SMILES string of the molecule is Cn1cc(S(=O)(=O)NCC(O)c2cn(C)c3ccccc23)cn1. The van der Waals surface area contributed by atoms with Crippen molar-refractivity contribution >= 4 is 20.9 Å². The van der Waals surface area contributed by atoms with Crippen LogP contribution in [0.25, 0.3) is 10.9 Å². The van der Waals surface area contributed by atoms with Crippen molar-refractivity contribution in [2.24, 2.45) is 14.1 Å². The first-order chi connectivity index (χ1) is 10.9. The van der Waals surface area contributed by atoms with Crippen LogP contribution in [-0.2, 0) is 24.1 Å². The number of nitrogens with zero attached hydrogens (tertiary/aromatic N) is 3. The normalized spacial score (nSPS) is 13.5. The molecule has 0 fully saturated rings. The molecule has 2 heterocycles. The zero-order chi connectivity index (χ0) is 16.6. The van der Waals surface area contributed by atoms with Gasteiger partial charge in [-0.15, -0.1) is 0 Å². The number of para-hydroxylation sites is 1. The molecule has 0 amide bonds. The minimum atomic E-state index is -3.69. The molecule has 0 aliphatic rings. The second kappa shape index (κ2) is 5.80. The molecule has 1 unspecified atom stereocenters. The van der Waals surface area contributed by atoms with Gasteiger partial charge in [-0.25, -0.2) is 13.1 Å². The van der Waals surface area contributed by atoms with Crippen LogP contribution in [0.3, 0.4) is 0 Å². The number of aliphatic hydroxyl groups excluding tert-OH is 1. The topological polar surface area (TPSA) is 89.1 Å². The molecule has 2 aromatic heterocycles. The first-order valence-electron chi connectivity index (χ1n) is 7.09. The van der Waals surface area contributed by atoms with Gasteiger partial charge >= 0.3 is 0 Å². The fourth-order valence-corrected chi connectivity index (χ4v) is 3.58. The zero-order valence-electron chi connectivity index (χ0n) is 12.8. The van der Waals surface area contributed by atoms with Crippen molar-refractivity contribution in [1.82, 2.24) is 19.1 Å². The summed E-state index contributed by atoms with van der Waals surface area (Å²) in [5.41, 5.74) is 1.67. The largest absolute Gasteiger partial charge is 0.387 e. The summed E-state index contributed by atoms with van der Waals surface area (Å²) in [4.78, 5) is 0.0742. The number of benzene rings is 1. The summed E-state index contributed by atoms with van der Waals surface area (Å²) in [6.45, 7) is -0.106. The number of fused-ring (bicyclic) bond motifs is 1. The van der Waals surface area contributed by atoms with Crippen molar-refractivity contribution in [3.8, 4) is 0 Å². The Kier molecular flexibility index (Phi) is 3.97. The summed E-state index contributed by atoms with van der Waals surface area (Å²) in [6, 6.07) is 7.66. The predicted octanol–water partition coefficient (Wildman–Crippen LogP) is 0.924. The van der Waals surface area contributed by atoms with Crippen LogP contribution in [0.1, 0.15) is 11.7 Å². The van der Waals surface area contributed by atoms with Crippen LogP contribution >= 0.6 is 0 Å². The second-order valence-electron chi connectivity index (χ2n) is 5.43. The van der Waals surface area contributed by atoms with Crippen LogP contribution in [0.5, 0.6) is 0 Å². The first kappa shape index (κ1) is 15.7. The van der Waals surface area contributed by atoms with Crippen molar-refractivity contribution in [1.29, 1.82) is 0 Å². The summed E-state index contributed by atoms with van der Waals surface area (Å²) in [6.07, 6.45) is 3.56. The van der Waals surface area contributed by atoms with Crippen LogP contribution in [0, 0.1) is 0 Å². The first-order valence-corrected chi connectivity index (χ1v) is 8.57. The summed E-state index contributed by atoms with van der Waals surface area (Å²) >= 11 is 0. The third-order valence-corrected chi connectivity index (χ3v) is 5.12. The standard InChI is InChI=1S/C15H18N4O3S/c1-18-10-13(12-5-3-4-6-14(12)18)15(20)8-17-23(21,22)11-7-16-19(2)9-11/h3-7,9-10,15,17,20H,8H2,1-2H3. The summed E-state index contributed by atoms with van der Waals surface area (Å²) < 4.78 is 30.1. The van der Waals surface area contributed by atoms with Crippen LogP contribution < -0.4 is 4.72 Å². The number of aromatic nitrogens is 3. The molecule has 8 heteroatoms. The molecule has 3 rings (SSSR count). The van der Waals surface area contributed by atoms with Crippen molar-refractivity contribution in [2.45, 2.75) is 11.0 Å². The number of rotatable bonds is 5. The molecule has 122 valence electrons. The maximum absolute atomic E-state index is 12.2. The van der Waals surface area contributed by atoms with Crippen LogP contribution in [-0.4, -0.2) is 34.4 Å². The molecule has 3 aromatic rings. The fourth-order valence-electron chi connectivity index (χ4n) is 2.56. The van der Waals surface area contributed by atoms with Crippen LogP contribution in [0.2, 0.25) is 0 Å². The van der Waals surface area contributed by atoms with E-state index >= 15 is 0 Å². The van der Waals surface area contributed by atoms with Gasteiger partial charge in [0.05, 0.1) is 12.3 Å². The number of hydrogen-bond acceptors (Lipinski definition) is 4. The molecular weight excluding hydrogens is 316 g/mol. The van der Waals surface area contributed by atoms with E-state index in [1.54, 1.807) is 7.05 Å². The number of sulfonamides is 1. The highest BCUT2D eigenvalue weighted by molar-refractivity contribution is 7.89. The summed E-state index contributed by atoms with van der Waals surface area (Å²) in [7, 11) is -0.159. The molecule has 0 saturated carbocycles. The van der Waals surface area contributed by atoms with Gasteiger partial charge in [0, 0.05) is 49.5 Å². The van der Waals surface area contributed by atoms with E-state index in [-0.39, 0.29) is 11.4 Å². The molecule has 0 aliphatic heterocycles. The highest BCUT2D eigenvalue weighted by Gasteiger charge is 2.20. The van der Waals surface area contributed by atoms with Crippen LogP contribution in [0.4, 0.5) is 0 Å². The van der Waals surface area contributed by atoms with Crippen molar-refractivity contribution in [3.63, 3.8) is 0 Å². The van der Waals surface area contributed by atoms with E-state index in [1.807, 2.05) is 42.1 Å². The number of hydrogen-bond donors (Lipinski definition) is 2. The van der Waals surface area contributed by atoms with E-state index in [2.05, 4.69) is 9.82 Å². The third kappa shape index (κ3) is 3.00. The van der Waals surface area contributed by atoms with Gasteiger partial charge in [-0.1, -0.05) is 18.2 Å². The molecule has 0 spiro atoms. The molecule has 23 heavy (non-hydrogen) atoms. The Labute approximate surface area is 134 Å². The van der Waals surface area contributed by atoms with E-state index in [9.17, 15) is 13.5 Å². The van der Waals surface area contributed by atoms with Gasteiger partial charge in [-0.2, -0.15) is 5.10 Å². The van der Waals surface area contributed by atoms with Crippen molar-refractivity contribution < 1.29 is 13.5 Å². The lowest BCUT2D eigenvalue weighted by Gasteiger charge is -2.11. The second-order valence-corrected chi connectivity index (χ2v) is 7.20. The van der Waals surface area contributed by atoms with Crippen molar-refractivity contribution in [3.05, 3.63) is 48.4 Å². The lowest BCUT2D eigenvalue weighted by Crippen LogP contribution is -2.28. The Morgan fingerprint density at radius 3 is 2.70 bits per heavy atom. The fraction of sp³-hybridized carbons (Fsp3) is 0.267. The lowest BCUT2D eigenvalue weighted by atomic mass is 10.1. The third-order valence-electron chi connectivity index (χ3n) is 3.74. The smallest absolute Gasteiger partial charge is 0.243 e. The Hall–Kier alpha value is -2.16. The van der Waals surface area contributed by atoms with Gasteiger partial charge in [-0.05, 0) is 6.07 Å². The van der Waals surface area contributed by atoms with Gasteiger partial charge in [0.2, 0.25) is 10.0 Å². The number of aliphatic hydroxyl groups is 1. The van der Waals surface area contributed by atoms with E-state index in [0.717, 1.165) is 10.9 Å². The van der Waals surface area contributed by atoms with Gasteiger partial charge in [0.15, 0.2) is 0 Å². The highest BCUT2D eigenvalue weighted by Crippen LogP contribution is 2.25. The van der Waals surface area contributed by atoms with Gasteiger partial charge in [-0.3, -0.25) is 4.68 Å². The molecule has 0 radical (unpaired) electrons. The molecule has 2 N–H and O–H groups in total. The van der Waals surface area contributed by atoms with E-state index in [0.29, 0.717) is 5.56 Å². The molecule has 0 bridgehead atoms. The maximum atomic E-state index is 12.2. The van der Waals surface area contributed by atoms with E-state index in [4.69, 9.17) is 0 Å². The minimum absolute atomic E-state index is 0.0742. The quantitative estimate of drug-likeness (QED) is 0.726. The molecule has 0 saturated heterocycles. The van der Waals surface area contributed by atoms with E-state index in [1.165, 1.54) is 17.1 Å². The predicted molar refractivity (Wildman–Crippen MR) is 86.3 cm³/mol.